The smallest absolute Gasteiger partial charge is 0.330 e. The van der Waals surface area contributed by atoms with Crippen molar-refractivity contribution in [3.05, 3.63) is 0 Å². The molecule has 1 atom stereocenters. The van der Waals surface area contributed by atoms with Crippen LogP contribution in [0, 0.1) is 5.41 Å². The van der Waals surface area contributed by atoms with Crippen LogP contribution in [0.1, 0.15) is 39.5 Å². The Morgan fingerprint density at radius 2 is 1.82 bits per heavy atom. The lowest BCUT2D eigenvalue weighted by atomic mass is 9.85. The van der Waals surface area contributed by atoms with Gasteiger partial charge in [0.1, 0.15) is 0 Å². The summed E-state index contributed by atoms with van der Waals surface area (Å²) in [6.07, 6.45) is -0.487. The average Bonchev–Trinajstić information content (AvgIpc) is 2.98. The van der Waals surface area contributed by atoms with Gasteiger partial charge in [-0.1, -0.05) is 20.3 Å². The van der Waals surface area contributed by atoms with E-state index in [2.05, 4.69) is 0 Å². The van der Waals surface area contributed by atoms with Crippen molar-refractivity contribution >= 4 is 0 Å². The van der Waals surface area contributed by atoms with E-state index in [1.807, 2.05) is 13.8 Å². The third kappa shape index (κ3) is 5.25. The molecular formula is C12H23F3N2. The molecule has 1 saturated carbocycles. The Labute approximate surface area is 101 Å². The molecule has 0 spiro atoms. The molecule has 1 fully saturated rings. The van der Waals surface area contributed by atoms with Gasteiger partial charge in [-0.05, 0) is 31.2 Å². The highest BCUT2D eigenvalue weighted by molar-refractivity contribution is 4.90. The first-order valence-electron chi connectivity index (χ1n) is 6.30. The molecule has 0 aromatic heterocycles. The Balaban J connectivity index is 2.59. The van der Waals surface area contributed by atoms with Crippen molar-refractivity contribution in [2.75, 3.05) is 19.6 Å². The van der Waals surface area contributed by atoms with E-state index in [9.17, 15) is 13.2 Å². The third-order valence-corrected chi connectivity index (χ3v) is 3.38. The van der Waals surface area contributed by atoms with E-state index in [0.717, 1.165) is 25.7 Å². The summed E-state index contributed by atoms with van der Waals surface area (Å²) in [5.41, 5.74) is 5.53. The summed E-state index contributed by atoms with van der Waals surface area (Å²) in [6.45, 7) is 4.14. The van der Waals surface area contributed by atoms with Crippen LogP contribution in [0.25, 0.3) is 0 Å². The van der Waals surface area contributed by atoms with Crippen LogP contribution in [0.4, 0.5) is 13.2 Å². The van der Waals surface area contributed by atoms with Crippen LogP contribution >= 0.6 is 0 Å². The standard InChI is InChI=1S/C12H23F3N2/c1-3-6-11(2,7-16)8-17(10-4-5-10)9-12(13,14)15/h10H,3-9,16H2,1-2H3. The number of nitrogens with zero attached hydrogens (tertiary/aromatic N) is 1. The monoisotopic (exact) mass is 252 g/mol. The van der Waals surface area contributed by atoms with Crippen LogP contribution in [0.5, 0.6) is 0 Å². The number of hydrogen-bond acceptors (Lipinski definition) is 2. The highest BCUT2D eigenvalue weighted by atomic mass is 19.4. The third-order valence-electron chi connectivity index (χ3n) is 3.38. The maximum Gasteiger partial charge on any atom is 0.401 e. The fraction of sp³-hybridized carbons (Fsp3) is 1.00. The van der Waals surface area contributed by atoms with Gasteiger partial charge in [-0.3, -0.25) is 4.90 Å². The zero-order valence-electron chi connectivity index (χ0n) is 10.7. The zero-order valence-corrected chi connectivity index (χ0v) is 10.7. The van der Waals surface area contributed by atoms with Crippen LogP contribution in [-0.4, -0.2) is 36.8 Å². The Kier molecular flexibility index (Phi) is 4.84. The SMILES string of the molecule is CCCC(C)(CN)CN(CC(F)(F)F)C1CC1. The summed E-state index contributed by atoms with van der Waals surface area (Å²) in [6, 6.07) is 0.124. The molecule has 5 heteroatoms. The van der Waals surface area contributed by atoms with Crippen LogP contribution in [0.2, 0.25) is 0 Å². The van der Waals surface area contributed by atoms with Crippen molar-refractivity contribution in [3.63, 3.8) is 0 Å². The van der Waals surface area contributed by atoms with E-state index in [1.54, 1.807) is 4.90 Å². The molecule has 0 heterocycles. The molecule has 1 rings (SSSR count). The molecular weight excluding hydrogens is 229 g/mol. The lowest BCUT2D eigenvalue weighted by Gasteiger charge is -2.35. The maximum atomic E-state index is 12.5. The van der Waals surface area contributed by atoms with Gasteiger partial charge in [0.25, 0.3) is 0 Å². The Morgan fingerprint density at radius 1 is 1.24 bits per heavy atom. The highest BCUT2D eigenvalue weighted by Gasteiger charge is 2.40. The highest BCUT2D eigenvalue weighted by Crippen LogP contribution is 2.34. The molecule has 0 aliphatic heterocycles. The maximum absolute atomic E-state index is 12.5. The molecule has 17 heavy (non-hydrogen) atoms. The first-order valence-corrected chi connectivity index (χ1v) is 6.30. The Hall–Kier alpha value is -0.290. The van der Waals surface area contributed by atoms with E-state index >= 15 is 0 Å². The molecule has 0 amide bonds. The molecule has 1 unspecified atom stereocenters. The van der Waals surface area contributed by atoms with Gasteiger partial charge < -0.3 is 5.73 Å². The van der Waals surface area contributed by atoms with Gasteiger partial charge in [-0.25, -0.2) is 0 Å². The Bertz CT molecular complexity index is 238. The van der Waals surface area contributed by atoms with Gasteiger partial charge in [-0.2, -0.15) is 13.2 Å². The van der Waals surface area contributed by atoms with E-state index < -0.39 is 12.7 Å². The minimum absolute atomic E-state index is 0.124. The van der Waals surface area contributed by atoms with Crippen LogP contribution in [-0.2, 0) is 0 Å². The van der Waals surface area contributed by atoms with Crippen LogP contribution in [0.15, 0.2) is 0 Å². The minimum Gasteiger partial charge on any atom is -0.330 e. The van der Waals surface area contributed by atoms with Crippen LogP contribution < -0.4 is 5.73 Å². The number of halogens is 3. The van der Waals surface area contributed by atoms with Gasteiger partial charge in [0.2, 0.25) is 0 Å². The van der Waals surface area contributed by atoms with Gasteiger partial charge in [0.15, 0.2) is 0 Å². The van der Waals surface area contributed by atoms with E-state index in [-0.39, 0.29) is 11.5 Å². The zero-order chi connectivity index (χ0) is 13.1. The number of alkyl halides is 3. The number of hydrogen-bond donors (Lipinski definition) is 1. The normalized spacial score (nSPS) is 20.6. The van der Waals surface area contributed by atoms with Crippen molar-refractivity contribution in [1.29, 1.82) is 0 Å². The van der Waals surface area contributed by atoms with Gasteiger partial charge >= 0.3 is 6.18 Å². The second kappa shape index (κ2) is 5.57. The van der Waals surface area contributed by atoms with Crippen molar-refractivity contribution in [3.8, 4) is 0 Å². The lowest BCUT2D eigenvalue weighted by molar-refractivity contribution is -0.150. The summed E-state index contributed by atoms with van der Waals surface area (Å²) in [4.78, 5) is 1.57. The molecule has 1 aliphatic rings. The van der Waals surface area contributed by atoms with Gasteiger partial charge in [0.05, 0.1) is 6.54 Å². The van der Waals surface area contributed by atoms with E-state index in [1.165, 1.54) is 0 Å². The summed E-state index contributed by atoms with van der Waals surface area (Å²) >= 11 is 0. The molecule has 0 saturated heterocycles. The predicted molar refractivity (Wildman–Crippen MR) is 62.7 cm³/mol. The average molecular weight is 252 g/mol. The summed E-state index contributed by atoms with van der Waals surface area (Å²) in [5, 5.41) is 0. The Morgan fingerprint density at radius 3 is 2.18 bits per heavy atom. The molecule has 0 bridgehead atoms. The van der Waals surface area contributed by atoms with Crippen molar-refractivity contribution in [2.24, 2.45) is 11.1 Å². The lowest BCUT2D eigenvalue weighted by Crippen LogP contribution is -2.45. The molecule has 1 aliphatic carbocycles. The largest absolute Gasteiger partial charge is 0.401 e. The molecule has 2 nitrogen and oxygen atoms in total. The second-order valence-corrected chi connectivity index (χ2v) is 5.52. The fourth-order valence-electron chi connectivity index (χ4n) is 2.32. The predicted octanol–water partition coefficient (Wildman–Crippen LogP) is 2.78. The molecule has 0 aromatic rings. The topological polar surface area (TPSA) is 29.3 Å². The molecule has 0 aromatic carbocycles. The fourth-order valence-corrected chi connectivity index (χ4v) is 2.32. The van der Waals surface area contributed by atoms with Gasteiger partial charge in [-0.15, -0.1) is 0 Å². The summed E-state index contributed by atoms with van der Waals surface area (Å²) in [5.74, 6) is 0. The molecule has 0 radical (unpaired) electrons. The first kappa shape index (κ1) is 14.8. The van der Waals surface area contributed by atoms with Crippen LogP contribution in [0.3, 0.4) is 0 Å². The van der Waals surface area contributed by atoms with Crippen molar-refractivity contribution in [2.45, 2.75) is 51.7 Å². The first-order chi connectivity index (χ1) is 7.79. The molecule has 102 valence electrons. The van der Waals surface area contributed by atoms with E-state index in [4.69, 9.17) is 5.73 Å². The summed E-state index contributed by atoms with van der Waals surface area (Å²) in [7, 11) is 0. The second-order valence-electron chi connectivity index (χ2n) is 5.52. The summed E-state index contributed by atoms with van der Waals surface area (Å²) < 4.78 is 37.5. The number of nitrogens with two attached hydrogens (primary N) is 1. The number of rotatable bonds is 7. The quantitative estimate of drug-likeness (QED) is 0.755. The van der Waals surface area contributed by atoms with Gasteiger partial charge in [0, 0.05) is 12.6 Å². The minimum atomic E-state index is -4.11. The van der Waals surface area contributed by atoms with Crippen molar-refractivity contribution < 1.29 is 13.2 Å². The van der Waals surface area contributed by atoms with E-state index in [0.29, 0.717) is 13.1 Å². The van der Waals surface area contributed by atoms with Crippen molar-refractivity contribution in [1.82, 2.24) is 4.90 Å². The molecule has 2 N–H and O–H groups in total.